The summed E-state index contributed by atoms with van der Waals surface area (Å²) in [6.07, 6.45) is 0.274. The molecular weight excluding hydrogens is 388 g/mol. The van der Waals surface area contributed by atoms with E-state index in [0.29, 0.717) is 38.3 Å². The van der Waals surface area contributed by atoms with Gasteiger partial charge < -0.3 is 15.0 Å². The van der Waals surface area contributed by atoms with Gasteiger partial charge in [0.05, 0.1) is 13.2 Å². The number of methoxy groups -OCH3 is 1. The SMILES string of the molecule is COc1ccc(C(C#N)N2CCN(C(=O)CCNC(=O)c3ccsc3)CC2)cc1. The van der Waals surface area contributed by atoms with Crippen molar-refractivity contribution in [1.29, 1.82) is 5.26 Å². The van der Waals surface area contributed by atoms with E-state index in [1.54, 1.807) is 23.5 Å². The quantitative estimate of drug-likeness (QED) is 0.754. The number of piperazine rings is 1. The molecule has 1 aromatic heterocycles. The molecule has 1 atom stereocenters. The van der Waals surface area contributed by atoms with E-state index < -0.39 is 0 Å². The number of amides is 2. The van der Waals surface area contributed by atoms with Crippen LogP contribution in [-0.4, -0.2) is 61.4 Å². The first kappa shape index (κ1) is 20.8. The maximum atomic E-state index is 12.4. The van der Waals surface area contributed by atoms with Crippen LogP contribution < -0.4 is 10.1 Å². The largest absolute Gasteiger partial charge is 0.497 e. The standard InChI is InChI=1S/C21H24N4O3S/c1-28-18-4-2-16(3-5-18)19(14-22)24-9-11-25(12-10-24)20(26)6-8-23-21(27)17-7-13-29-15-17/h2-5,7,13,15,19H,6,8-12H2,1H3,(H,23,27). The van der Waals surface area contributed by atoms with Crippen LogP contribution in [0.2, 0.25) is 0 Å². The molecule has 3 rings (SSSR count). The smallest absolute Gasteiger partial charge is 0.252 e. The Hall–Kier alpha value is -2.89. The van der Waals surface area contributed by atoms with E-state index in [1.165, 1.54) is 11.3 Å². The average Bonchev–Trinajstić information content (AvgIpc) is 3.30. The van der Waals surface area contributed by atoms with Crippen LogP contribution in [0.1, 0.15) is 28.4 Å². The van der Waals surface area contributed by atoms with Crippen molar-refractivity contribution in [2.24, 2.45) is 0 Å². The topological polar surface area (TPSA) is 85.7 Å². The minimum atomic E-state index is -0.344. The summed E-state index contributed by atoms with van der Waals surface area (Å²) < 4.78 is 5.17. The summed E-state index contributed by atoms with van der Waals surface area (Å²) in [7, 11) is 1.61. The molecular formula is C21H24N4O3S. The molecule has 1 saturated heterocycles. The number of ether oxygens (including phenoxy) is 1. The molecule has 8 heteroatoms. The van der Waals surface area contributed by atoms with E-state index in [4.69, 9.17) is 4.74 Å². The number of hydrogen-bond acceptors (Lipinski definition) is 6. The van der Waals surface area contributed by atoms with Crippen molar-refractivity contribution < 1.29 is 14.3 Å². The van der Waals surface area contributed by atoms with Crippen molar-refractivity contribution in [2.75, 3.05) is 39.8 Å². The van der Waals surface area contributed by atoms with Crippen molar-refractivity contribution in [3.63, 3.8) is 0 Å². The van der Waals surface area contributed by atoms with Crippen LogP contribution >= 0.6 is 11.3 Å². The fraction of sp³-hybridized carbons (Fsp3) is 0.381. The van der Waals surface area contributed by atoms with Gasteiger partial charge in [-0.3, -0.25) is 14.5 Å². The van der Waals surface area contributed by atoms with Gasteiger partial charge in [0.15, 0.2) is 0 Å². The molecule has 0 aliphatic carbocycles. The monoisotopic (exact) mass is 412 g/mol. The Labute approximate surface area is 174 Å². The highest BCUT2D eigenvalue weighted by atomic mass is 32.1. The number of benzene rings is 1. The van der Waals surface area contributed by atoms with Crippen LogP contribution in [0.15, 0.2) is 41.1 Å². The van der Waals surface area contributed by atoms with Crippen LogP contribution in [0.5, 0.6) is 5.75 Å². The first-order valence-electron chi connectivity index (χ1n) is 9.48. The van der Waals surface area contributed by atoms with Crippen LogP contribution in [0.3, 0.4) is 0 Å². The number of rotatable bonds is 7. The molecule has 0 saturated carbocycles. The number of carbonyl (C=O) groups is 2. The van der Waals surface area contributed by atoms with Gasteiger partial charge in [-0.1, -0.05) is 12.1 Å². The molecule has 0 spiro atoms. The normalized spacial score (nSPS) is 15.4. The van der Waals surface area contributed by atoms with Gasteiger partial charge >= 0.3 is 0 Å². The zero-order valence-corrected chi connectivity index (χ0v) is 17.2. The lowest BCUT2D eigenvalue weighted by Gasteiger charge is -2.37. The summed E-state index contributed by atoms with van der Waals surface area (Å²) in [4.78, 5) is 28.2. The van der Waals surface area contributed by atoms with Crippen molar-refractivity contribution in [3.05, 3.63) is 52.2 Å². The van der Waals surface area contributed by atoms with Gasteiger partial charge in [-0.15, -0.1) is 0 Å². The van der Waals surface area contributed by atoms with Gasteiger partial charge in [0.25, 0.3) is 5.91 Å². The first-order chi connectivity index (χ1) is 14.1. The van der Waals surface area contributed by atoms with Crippen LogP contribution in [-0.2, 0) is 4.79 Å². The van der Waals surface area contributed by atoms with Gasteiger partial charge in [0, 0.05) is 50.1 Å². The summed E-state index contributed by atoms with van der Waals surface area (Å²) in [5.74, 6) is 0.625. The first-order valence-corrected chi connectivity index (χ1v) is 10.4. The van der Waals surface area contributed by atoms with E-state index in [0.717, 1.165) is 11.3 Å². The fourth-order valence-electron chi connectivity index (χ4n) is 3.32. The Kier molecular flexibility index (Phi) is 7.22. The lowest BCUT2D eigenvalue weighted by molar-refractivity contribution is -0.133. The summed E-state index contributed by atoms with van der Waals surface area (Å²) in [5.41, 5.74) is 1.54. The molecule has 0 radical (unpaired) electrons. The third kappa shape index (κ3) is 5.34. The maximum Gasteiger partial charge on any atom is 0.252 e. The van der Waals surface area contributed by atoms with Gasteiger partial charge in [-0.25, -0.2) is 0 Å². The molecule has 29 heavy (non-hydrogen) atoms. The summed E-state index contributed by atoms with van der Waals surface area (Å²) in [6, 6.07) is 11.3. The zero-order valence-electron chi connectivity index (χ0n) is 16.3. The number of thiophene rings is 1. The second kappa shape index (κ2) is 10.0. The molecule has 2 heterocycles. The van der Waals surface area contributed by atoms with Crippen LogP contribution in [0.25, 0.3) is 0 Å². The van der Waals surface area contributed by atoms with Gasteiger partial charge in [0.2, 0.25) is 5.91 Å². The molecule has 1 aliphatic rings. The predicted molar refractivity (Wildman–Crippen MR) is 111 cm³/mol. The van der Waals surface area contributed by atoms with E-state index in [9.17, 15) is 14.9 Å². The summed E-state index contributed by atoms with van der Waals surface area (Å²) in [6.45, 7) is 2.74. The number of nitriles is 1. The predicted octanol–water partition coefficient (Wildman–Crippen LogP) is 2.29. The Bertz CT molecular complexity index is 853. The van der Waals surface area contributed by atoms with E-state index in [-0.39, 0.29) is 24.3 Å². The highest BCUT2D eigenvalue weighted by Crippen LogP contribution is 2.24. The number of nitrogens with one attached hydrogen (secondary N) is 1. The lowest BCUT2D eigenvalue weighted by Crippen LogP contribution is -2.50. The van der Waals surface area contributed by atoms with Crippen molar-refractivity contribution >= 4 is 23.2 Å². The lowest BCUT2D eigenvalue weighted by atomic mass is 10.1. The molecule has 1 N–H and O–H groups in total. The summed E-state index contributed by atoms with van der Waals surface area (Å²) >= 11 is 1.47. The molecule has 7 nitrogen and oxygen atoms in total. The number of carbonyl (C=O) groups excluding carboxylic acids is 2. The van der Waals surface area contributed by atoms with Gasteiger partial charge in [0.1, 0.15) is 11.8 Å². The van der Waals surface area contributed by atoms with Gasteiger partial charge in [-0.2, -0.15) is 16.6 Å². The highest BCUT2D eigenvalue weighted by Gasteiger charge is 2.27. The number of hydrogen-bond donors (Lipinski definition) is 1. The third-order valence-corrected chi connectivity index (χ3v) is 5.68. The molecule has 0 bridgehead atoms. The van der Waals surface area contributed by atoms with E-state index >= 15 is 0 Å². The molecule has 1 fully saturated rings. The Balaban J connectivity index is 1.45. The van der Waals surface area contributed by atoms with Crippen LogP contribution in [0, 0.1) is 11.3 Å². The average molecular weight is 413 g/mol. The maximum absolute atomic E-state index is 12.4. The minimum absolute atomic E-state index is 0.0215. The minimum Gasteiger partial charge on any atom is -0.497 e. The Morgan fingerprint density at radius 3 is 2.52 bits per heavy atom. The van der Waals surface area contributed by atoms with E-state index in [1.807, 2.05) is 29.6 Å². The molecule has 2 aromatic rings. The molecule has 1 unspecified atom stereocenters. The zero-order chi connectivity index (χ0) is 20.6. The molecule has 1 aromatic carbocycles. The second-order valence-electron chi connectivity index (χ2n) is 6.74. The molecule has 2 amide bonds. The van der Waals surface area contributed by atoms with Crippen molar-refractivity contribution in [3.8, 4) is 11.8 Å². The summed E-state index contributed by atoms with van der Waals surface area (Å²) in [5, 5.41) is 16.0. The van der Waals surface area contributed by atoms with Gasteiger partial charge in [-0.05, 0) is 29.1 Å². The molecule has 1 aliphatic heterocycles. The fourth-order valence-corrected chi connectivity index (χ4v) is 3.96. The molecule has 152 valence electrons. The van der Waals surface area contributed by atoms with E-state index in [2.05, 4.69) is 16.3 Å². The second-order valence-corrected chi connectivity index (χ2v) is 7.52. The van der Waals surface area contributed by atoms with Crippen LogP contribution in [0.4, 0.5) is 0 Å². The third-order valence-electron chi connectivity index (χ3n) is 4.99. The Morgan fingerprint density at radius 2 is 1.93 bits per heavy atom. The highest BCUT2D eigenvalue weighted by molar-refractivity contribution is 7.08. The van der Waals surface area contributed by atoms with Crippen molar-refractivity contribution in [2.45, 2.75) is 12.5 Å². The van der Waals surface area contributed by atoms with Crippen molar-refractivity contribution in [1.82, 2.24) is 15.1 Å². The Morgan fingerprint density at radius 1 is 1.21 bits per heavy atom. The number of nitrogens with zero attached hydrogens (tertiary/aromatic N) is 3.